The van der Waals surface area contributed by atoms with Crippen molar-refractivity contribution in [2.75, 3.05) is 0 Å². The van der Waals surface area contributed by atoms with E-state index in [0.29, 0.717) is 0 Å². The average Bonchev–Trinajstić information content (AvgIpc) is 1.88. The van der Waals surface area contributed by atoms with E-state index in [4.69, 9.17) is 0 Å². The standard InChI is InChI=1S/C11H20Si/c1-12(2,3)11-8-9-6-4-5-7-10(9)11/h9H,4-8H2,1-3H3. The summed E-state index contributed by atoms with van der Waals surface area (Å²) in [6.45, 7) is 7.50. The van der Waals surface area contributed by atoms with Crippen molar-refractivity contribution in [2.24, 2.45) is 5.92 Å². The van der Waals surface area contributed by atoms with Crippen molar-refractivity contribution in [3.05, 3.63) is 10.8 Å². The van der Waals surface area contributed by atoms with E-state index in [0.717, 1.165) is 5.92 Å². The van der Waals surface area contributed by atoms with E-state index >= 15 is 0 Å². The summed E-state index contributed by atoms with van der Waals surface area (Å²) in [6, 6.07) is 0. The van der Waals surface area contributed by atoms with Gasteiger partial charge in [-0.3, -0.25) is 0 Å². The van der Waals surface area contributed by atoms with Gasteiger partial charge in [-0.2, -0.15) is 0 Å². The minimum Gasteiger partial charge on any atom is -0.0810 e. The first kappa shape index (κ1) is 8.55. The third-order valence-corrected chi connectivity index (χ3v) is 5.82. The number of hydrogen-bond acceptors (Lipinski definition) is 0. The topological polar surface area (TPSA) is 0 Å². The monoisotopic (exact) mass is 180 g/mol. The Balaban J connectivity index is 2.19. The second-order valence-electron chi connectivity index (χ2n) is 5.40. The quantitative estimate of drug-likeness (QED) is 0.539. The summed E-state index contributed by atoms with van der Waals surface area (Å²) in [5.41, 5.74) is 1.90. The Morgan fingerprint density at radius 3 is 2.50 bits per heavy atom. The molecule has 0 amide bonds. The molecule has 0 bridgehead atoms. The SMILES string of the molecule is C[Si](C)(C)C1=C2CCCCC2C1. The molecule has 0 spiro atoms. The first-order valence-electron chi connectivity index (χ1n) is 5.31. The molecule has 1 atom stereocenters. The van der Waals surface area contributed by atoms with Gasteiger partial charge in [0.2, 0.25) is 0 Å². The van der Waals surface area contributed by atoms with E-state index in [-0.39, 0.29) is 0 Å². The molecule has 1 saturated carbocycles. The van der Waals surface area contributed by atoms with Crippen LogP contribution in [0.3, 0.4) is 0 Å². The van der Waals surface area contributed by atoms with Gasteiger partial charge in [-0.25, -0.2) is 0 Å². The zero-order valence-electron chi connectivity index (χ0n) is 8.61. The number of hydrogen-bond donors (Lipinski definition) is 0. The van der Waals surface area contributed by atoms with Crippen LogP contribution in [0.25, 0.3) is 0 Å². The summed E-state index contributed by atoms with van der Waals surface area (Å²) in [5.74, 6) is 1.04. The second kappa shape index (κ2) is 2.73. The van der Waals surface area contributed by atoms with Crippen molar-refractivity contribution >= 4 is 8.07 Å². The summed E-state index contributed by atoms with van der Waals surface area (Å²) in [4.78, 5) is 0. The van der Waals surface area contributed by atoms with Crippen molar-refractivity contribution in [1.82, 2.24) is 0 Å². The molecule has 2 aliphatic carbocycles. The lowest BCUT2D eigenvalue weighted by molar-refractivity contribution is 0.408. The molecule has 12 heavy (non-hydrogen) atoms. The van der Waals surface area contributed by atoms with Crippen molar-refractivity contribution in [3.63, 3.8) is 0 Å². The largest absolute Gasteiger partial charge is 0.0810 e. The van der Waals surface area contributed by atoms with Crippen molar-refractivity contribution in [3.8, 4) is 0 Å². The lowest BCUT2D eigenvalue weighted by Crippen LogP contribution is -2.36. The smallest absolute Gasteiger partial charge is 0.0724 e. The molecule has 1 fully saturated rings. The van der Waals surface area contributed by atoms with Crippen LogP contribution in [0.5, 0.6) is 0 Å². The van der Waals surface area contributed by atoms with Gasteiger partial charge in [0.25, 0.3) is 0 Å². The van der Waals surface area contributed by atoms with Gasteiger partial charge in [0, 0.05) is 0 Å². The minimum atomic E-state index is -0.902. The molecule has 0 aromatic heterocycles. The second-order valence-corrected chi connectivity index (χ2v) is 10.5. The third-order valence-electron chi connectivity index (χ3n) is 3.48. The molecule has 0 radical (unpaired) electrons. The van der Waals surface area contributed by atoms with Crippen LogP contribution < -0.4 is 0 Å². The predicted octanol–water partition coefficient (Wildman–Crippen LogP) is 3.75. The normalized spacial score (nSPS) is 29.8. The Kier molecular flexibility index (Phi) is 1.94. The predicted molar refractivity (Wildman–Crippen MR) is 56.9 cm³/mol. The molecule has 0 heterocycles. The van der Waals surface area contributed by atoms with Gasteiger partial charge < -0.3 is 0 Å². The first-order chi connectivity index (χ1) is 5.59. The highest BCUT2D eigenvalue weighted by molar-refractivity contribution is 6.83. The van der Waals surface area contributed by atoms with Gasteiger partial charge in [-0.15, -0.1) is 0 Å². The molecule has 68 valence electrons. The summed E-state index contributed by atoms with van der Waals surface area (Å²) >= 11 is 0. The molecule has 0 saturated heterocycles. The zero-order valence-corrected chi connectivity index (χ0v) is 9.61. The summed E-state index contributed by atoms with van der Waals surface area (Å²) in [7, 11) is -0.902. The Morgan fingerprint density at radius 2 is 1.92 bits per heavy atom. The summed E-state index contributed by atoms with van der Waals surface area (Å²) in [6.07, 6.45) is 7.39. The Labute approximate surface area is 77.1 Å². The molecule has 1 unspecified atom stereocenters. The molecule has 0 N–H and O–H groups in total. The van der Waals surface area contributed by atoms with Gasteiger partial charge in [0.05, 0.1) is 8.07 Å². The van der Waals surface area contributed by atoms with E-state index in [1.165, 1.54) is 32.1 Å². The Bertz CT molecular complexity index is 220. The Hall–Kier alpha value is -0.0431. The first-order valence-corrected chi connectivity index (χ1v) is 8.81. The van der Waals surface area contributed by atoms with Crippen molar-refractivity contribution < 1.29 is 0 Å². The number of allylic oxidation sites excluding steroid dienone is 2. The van der Waals surface area contributed by atoms with Crippen molar-refractivity contribution in [1.29, 1.82) is 0 Å². The van der Waals surface area contributed by atoms with Crippen LogP contribution in [0.15, 0.2) is 10.8 Å². The third kappa shape index (κ3) is 1.28. The van der Waals surface area contributed by atoms with E-state index in [1.54, 1.807) is 0 Å². The van der Waals surface area contributed by atoms with E-state index in [1.807, 2.05) is 10.8 Å². The Morgan fingerprint density at radius 1 is 1.17 bits per heavy atom. The molecule has 0 aromatic carbocycles. The highest BCUT2D eigenvalue weighted by Gasteiger charge is 2.36. The maximum atomic E-state index is 2.50. The molecular weight excluding hydrogens is 160 g/mol. The van der Waals surface area contributed by atoms with Crippen LogP contribution in [0.1, 0.15) is 32.1 Å². The zero-order chi connectivity index (χ0) is 8.77. The van der Waals surface area contributed by atoms with Gasteiger partial charge in [0.15, 0.2) is 0 Å². The van der Waals surface area contributed by atoms with Gasteiger partial charge in [-0.05, 0) is 31.6 Å². The van der Waals surface area contributed by atoms with Crippen molar-refractivity contribution in [2.45, 2.75) is 51.7 Å². The summed E-state index contributed by atoms with van der Waals surface area (Å²) < 4.78 is 0. The lowest BCUT2D eigenvalue weighted by atomic mass is 9.74. The van der Waals surface area contributed by atoms with Crippen LogP contribution in [0.4, 0.5) is 0 Å². The van der Waals surface area contributed by atoms with Gasteiger partial charge in [-0.1, -0.05) is 36.8 Å². The lowest BCUT2D eigenvalue weighted by Gasteiger charge is -2.42. The fourth-order valence-corrected chi connectivity index (χ4v) is 4.89. The van der Waals surface area contributed by atoms with Gasteiger partial charge in [0.1, 0.15) is 0 Å². The minimum absolute atomic E-state index is 0.902. The molecule has 2 aliphatic rings. The van der Waals surface area contributed by atoms with Gasteiger partial charge >= 0.3 is 0 Å². The van der Waals surface area contributed by atoms with E-state index in [9.17, 15) is 0 Å². The molecular formula is C11H20Si. The number of rotatable bonds is 1. The highest BCUT2D eigenvalue weighted by Crippen LogP contribution is 2.47. The van der Waals surface area contributed by atoms with Crippen LogP contribution in [-0.2, 0) is 0 Å². The van der Waals surface area contributed by atoms with E-state index < -0.39 is 8.07 Å². The fourth-order valence-electron chi connectivity index (χ4n) is 2.74. The highest BCUT2D eigenvalue weighted by atomic mass is 28.3. The molecule has 0 aromatic rings. The fraction of sp³-hybridized carbons (Fsp3) is 0.818. The summed E-state index contributed by atoms with van der Waals surface area (Å²) in [5, 5.41) is 1.92. The van der Waals surface area contributed by atoms with E-state index in [2.05, 4.69) is 19.6 Å². The van der Waals surface area contributed by atoms with Crippen LogP contribution in [-0.4, -0.2) is 8.07 Å². The average molecular weight is 180 g/mol. The molecule has 1 heteroatoms. The van der Waals surface area contributed by atoms with Crippen LogP contribution in [0, 0.1) is 5.92 Å². The number of fused-ring (bicyclic) bond motifs is 1. The molecule has 0 aliphatic heterocycles. The van der Waals surface area contributed by atoms with Crippen LogP contribution in [0.2, 0.25) is 19.6 Å². The maximum absolute atomic E-state index is 2.50. The maximum Gasteiger partial charge on any atom is 0.0724 e. The molecule has 0 nitrogen and oxygen atoms in total. The molecule has 2 rings (SSSR count). The van der Waals surface area contributed by atoms with Crippen LogP contribution >= 0.6 is 0 Å².